The maximum absolute atomic E-state index is 12.3. The van der Waals surface area contributed by atoms with Crippen LogP contribution in [0.4, 0.5) is 0 Å². The summed E-state index contributed by atoms with van der Waals surface area (Å²) in [5, 5.41) is 0.678. The standard InChI is InChI=1S/C19H19Cl2NO3S2/c1-19(2,3)27(24)22-11-13-16(10-9-14(20)17(13)21)26-15-8-6-5-7-12(15)18(23)25-4/h5-11H,1-4H3. The van der Waals surface area contributed by atoms with Gasteiger partial charge in [0.1, 0.15) is 11.0 Å². The molecule has 0 aliphatic rings. The van der Waals surface area contributed by atoms with Crippen molar-refractivity contribution in [3.8, 4) is 0 Å². The molecule has 4 nitrogen and oxygen atoms in total. The number of carbonyl (C=O) groups excluding carboxylic acids is 1. The van der Waals surface area contributed by atoms with E-state index in [1.807, 2.05) is 32.9 Å². The van der Waals surface area contributed by atoms with Crippen LogP contribution in [-0.4, -0.2) is 28.2 Å². The first-order valence-corrected chi connectivity index (χ1v) is 10.6. The third-order valence-corrected chi connectivity index (χ3v) is 6.72. The summed E-state index contributed by atoms with van der Waals surface area (Å²) in [7, 11) is -0.100. The minimum atomic E-state index is -1.44. The molecule has 0 aliphatic heterocycles. The number of esters is 1. The van der Waals surface area contributed by atoms with Gasteiger partial charge < -0.3 is 4.74 Å². The van der Waals surface area contributed by atoms with Crippen molar-refractivity contribution >= 4 is 58.1 Å². The van der Waals surface area contributed by atoms with Crippen molar-refractivity contribution in [2.24, 2.45) is 4.40 Å². The first-order valence-electron chi connectivity index (χ1n) is 7.94. The van der Waals surface area contributed by atoms with Gasteiger partial charge in [0.2, 0.25) is 0 Å². The third kappa shape index (κ3) is 5.57. The largest absolute Gasteiger partial charge is 0.465 e. The van der Waals surface area contributed by atoms with Crippen LogP contribution in [0.1, 0.15) is 36.7 Å². The number of hydrogen-bond acceptors (Lipinski definition) is 4. The van der Waals surface area contributed by atoms with Gasteiger partial charge in [-0.1, -0.05) is 47.1 Å². The highest BCUT2D eigenvalue weighted by molar-refractivity contribution is 7.99. The molecule has 27 heavy (non-hydrogen) atoms. The van der Waals surface area contributed by atoms with Crippen LogP contribution >= 0.6 is 35.0 Å². The van der Waals surface area contributed by atoms with Crippen molar-refractivity contribution in [1.82, 2.24) is 0 Å². The fourth-order valence-electron chi connectivity index (χ4n) is 1.97. The van der Waals surface area contributed by atoms with Gasteiger partial charge in [0.15, 0.2) is 0 Å². The normalized spacial score (nSPS) is 13.0. The molecule has 0 radical (unpaired) electrons. The molecule has 0 N–H and O–H groups in total. The van der Waals surface area contributed by atoms with E-state index in [4.69, 9.17) is 27.9 Å². The van der Waals surface area contributed by atoms with Crippen molar-refractivity contribution < 1.29 is 13.7 Å². The molecular weight excluding hydrogens is 425 g/mol. The molecule has 0 amide bonds. The van der Waals surface area contributed by atoms with Crippen molar-refractivity contribution in [3.63, 3.8) is 0 Å². The van der Waals surface area contributed by atoms with E-state index in [1.165, 1.54) is 25.1 Å². The summed E-state index contributed by atoms with van der Waals surface area (Å²) in [5.74, 6) is -0.429. The van der Waals surface area contributed by atoms with E-state index in [2.05, 4.69) is 4.40 Å². The molecule has 0 saturated heterocycles. The second-order valence-electron chi connectivity index (χ2n) is 6.46. The van der Waals surface area contributed by atoms with Gasteiger partial charge in [-0.05, 0) is 45.0 Å². The zero-order chi connectivity index (χ0) is 20.2. The highest BCUT2D eigenvalue weighted by Gasteiger charge is 2.20. The van der Waals surface area contributed by atoms with Gasteiger partial charge in [-0.25, -0.2) is 9.00 Å². The molecule has 0 saturated carbocycles. The van der Waals surface area contributed by atoms with E-state index in [0.29, 0.717) is 26.1 Å². The average molecular weight is 444 g/mol. The maximum atomic E-state index is 12.3. The molecule has 0 bridgehead atoms. The van der Waals surface area contributed by atoms with E-state index >= 15 is 0 Å². The Hall–Kier alpha value is -1.34. The second kappa shape index (κ2) is 9.24. The number of benzene rings is 2. The van der Waals surface area contributed by atoms with E-state index in [0.717, 1.165) is 4.90 Å². The van der Waals surface area contributed by atoms with E-state index in [1.54, 1.807) is 24.3 Å². The molecule has 1 unspecified atom stereocenters. The number of methoxy groups -OCH3 is 1. The number of nitrogens with zero attached hydrogens (tertiary/aromatic N) is 1. The summed E-state index contributed by atoms with van der Waals surface area (Å²) in [6, 6.07) is 10.6. The number of halogens is 2. The first-order chi connectivity index (χ1) is 12.6. The Labute approximate surface area is 175 Å². The highest BCUT2D eigenvalue weighted by atomic mass is 35.5. The van der Waals surface area contributed by atoms with Crippen molar-refractivity contribution in [1.29, 1.82) is 0 Å². The Kier molecular flexibility index (Phi) is 7.51. The predicted octanol–water partition coefficient (Wildman–Crippen LogP) is 5.81. The monoisotopic (exact) mass is 443 g/mol. The van der Waals surface area contributed by atoms with Gasteiger partial charge >= 0.3 is 5.97 Å². The van der Waals surface area contributed by atoms with Crippen LogP contribution < -0.4 is 0 Å². The quantitative estimate of drug-likeness (QED) is 0.431. The summed E-state index contributed by atoms with van der Waals surface area (Å²) in [4.78, 5) is 13.4. The number of rotatable bonds is 5. The number of carbonyl (C=O) groups is 1. The molecule has 0 fully saturated rings. The van der Waals surface area contributed by atoms with Crippen molar-refractivity contribution in [3.05, 3.63) is 57.6 Å². The van der Waals surface area contributed by atoms with Crippen LogP contribution in [0.3, 0.4) is 0 Å². The van der Waals surface area contributed by atoms with Crippen LogP contribution in [0, 0.1) is 0 Å². The lowest BCUT2D eigenvalue weighted by atomic mass is 10.2. The Bertz CT molecular complexity index is 908. The fraction of sp³-hybridized carbons (Fsp3) is 0.263. The van der Waals surface area contributed by atoms with Crippen LogP contribution in [0.5, 0.6) is 0 Å². The highest BCUT2D eigenvalue weighted by Crippen LogP contribution is 2.38. The van der Waals surface area contributed by atoms with Crippen LogP contribution in [0.2, 0.25) is 10.0 Å². The predicted molar refractivity (Wildman–Crippen MR) is 114 cm³/mol. The average Bonchev–Trinajstić information content (AvgIpc) is 2.63. The lowest BCUT2D eigenvalue weighted by Crippen LogP contribution is -2.19. The summed E-state index contributed by atoms with van der Waals surface area (Å²) in [5.41, 5.74) is 0.990. The van der Waals surface area contributed by atoms with Gasteiger partial charge in [-0.15, -0.1) is 0 Å². The molecule has 2 aromatic rings. The summed E-state index contributed by atoms with van der Waals surface area (Å²) < 4.78 is 20.7. The lowest BCUT2D eigenvalue weighted by Gasteiger charge is -2.14. The smallest absolute Gasteiger partial charge is 0.339 e. The molecule has 0 aromatic heterocycles. The van der Waals surface area contributed by atoms with E-state index in [9.17, 15) is 9.00 Å². The van der Waals surface area contributed by atoms with Crippen molar-refractivity contribution in [2.75, 3.05) is 7.11 Å². The van der Waals surface area contributed by atoms with Crippen molar-refractivity contribution in [2.45, 2.75) is 35.3 Å². The van der Waals surface area contributed by atoms with Gasteiger partial charge in [-0.2, -0.15) is 4.40 Å². The molecular formula is C19H19Cl2NO3S2. The van der Waals surface area contributed by atoms with Crippen LogP contribution in [0.25, 0.3) is 0 Å². The maximum Gasteiger partial charge on any atom is 0.339 e. The molecule has 2 aromatic carbocycles. The van der Waals surface area contributed by atoms with E-state index < -0.39 is 21.7 Å². The Morgan fingerprint density at radius 3 is 2.44 bits per heavy atom. The third-order valence-electron chi connectivity index (χ3n) is 3.41. The Morgan fingerprint density at radius 1 is 1.15 bits per heavy atom. The molecule has 0 spiro atoms. The molecule has 0 heterocycles. The SMILES string of the molecule is COC(=O)c1ccccc1Sc1ccc(Cl)c(Cl)c1C=NS(=O)C(C)(C)C. The summed E-state index contributed by atoms with van der Waals surface area (Å²) in [6.07, 6.45) is 1.47. The Morgan fingerprint density at radius 2 is 1.81 bits per heavy atom. The molecule has 0 aliphatic carbocycles. The van der Waals surface area contributed by atoms with Gasteiger partial charge in [0.25, 0.3) is 0 Å². The molecule has 8 heteroatoms. The van der Waals surface area contributed by atoms with E-state index in [-0.39, 0.29) is 0 Å². The lowest BCUT2D eigenvalue weighted by molar-refractivity contribution is 0.0597. The molecule has 144 valence electrons. The summed E-state index contributed by atoms with van der Waals surface area (Å²) in [6.45, 7) is 5.51. The van der Waals surface area contributed by atoms with Crippen LogP contribution in [-0.2, 0) is 15.7 Å². The number of hydrogen-bond donors (Lipinski definition) is 0. The second-order valence-corrected chi connectivity index (χ2v) is 10.3. The summed E-state index contributed by atoms with van der Waals surface area (Å²) >= 11 is 13.8. The first kappa shape index (κ1) is 22.0. The minimum absolute atomic E-state index is 0.312. The molecule has 2 rings (SSSR count). The van der Waals surface area contributed by atoms with Gasteiger partial charge in [0.05, 0.1) is 27.5 Å². The minimum Gasteiger partial charge on any atom is -0.465 e. The Balaban J connectivity index is 2.48. The topological polar surface area (TPSA) is 55.7 Å². The van der Waals surface area contributed by atoms with Gasteiger partial charge in [0, 0.05) is 21.6 Å². The van der Waals surface area contributed by atoms with Gasteiger partial charge in [-0.3, -0.25) is 0 Å². The zero-order valence-electron chi connectivity index (χ0n) is 15.3. The molecule has 1 atom stereocenters. The number of ether oxygens (including phenoxy) is 1. The fourth-order valence-corrected chi connectivity index (χ4v) is 3.97. The van der Waals surface area contributed by atoms with Crippen LogP contribution in [0.15, 0.2) is 50.6 Å². The zero-order valence-corrected chi connectivity index (χ0v) is 18.4.